The number of halogens is 4. The molecule has 1 aliphatic rings. The molecule has 0 radical (unpaired) electrons. The Bertz CT molecular complexity index is 484. The SMILES string of the molecule is O=C(O)[C@@H]1Cc2cc(F)ccc2O[C@H]1C(F)(F)F. The van der Waals surface area contributed by atoms with Crippen molar-refractivity contribution in [3.63, 3.8) is 0 Å². The molecule has 98 valence electrons. The first kappa shape index (κ1) is 12.7. The van der Waals surface area contributed by atoms with Crippen LogP contribution in [0.5, 0.6) is 5.75 Å². The van der Waals surface area contributed by atoms with Gasteiger partial charge in [-0.1, -0.05) is 0 Å². The third-order valence-corrected chi connectivity index (χ3v) is 2.72. The molecular formula is C11H8F4O3. The number of benzene rings is 1. The van der Waals surface area contributed by atoms with Crippen molar-refractivity contribution in [1.82, 2.24) is 0 Å². The molecule has 3 nitrogen and oxygen atoms in total. The summed E-state index contributed by atoms with van der Waals surface area (Å²) in [6.45, 7) is 0. The fourth-order valence-electron chi connectivity index (χ4n) is 1.90. The van der Waals surface area contributed by atoms with Crippen LogP contribution < -0.4 is 4.74 Å². The third-order valence-electron chi connectivity index (χ3n) is 2.72. The summed E-state index contributed by atoms with van der Waals surface area (Å²) >= 11 is 0. The third kappa shape index (κ3) is 2.25. The molecule has 1 aromatic carbocycles. The van der Waals surface area contributed by atoms with Crippen molar-refractivity contribution < 1.29 is 32.2 Å². The smallest absolute Gasteiger partial charge is 0.426 e. The minimum atomic E-state index is -4.78. The lowest BCUT2D eigenvalue weighted by Crippen LogP contribution is -2.47. The predicted octanol–water partition coefficient (Wildman–Crippen LogP) is 2.39. The van der Waals surface area contributed by atoms with Crippen LogP contribution in [0.25, 0.3) is 0 Å². The highest BCUT2D eigenvalue weighted by molar-refractivity contribution is 5.72. The van der Waals surface area contributed by atoms with E-state index >= 15 is 0 Å². The number of alkyl halides is 3. The Morgan fingerprint density at radius 1 is 1.39 bits per heavy atom. The summed E-state index contributed by atoms with van der Waals surface area (Å²) in [7, 11) is 0. The minimum Gasteiger partial charge on any atom is -0.481 e. The quantitative estimate of drug-likeness (QED) is 0.792. The number of carboxylic acids is 1. The molecule has 0 spiro atoms. The highest BCUT2D eigenvalue weighted by atomic mass is 19.4. The van der Waals surface area contributed by atoms with E-state index in [4.69, 9.17) is 5.11 Å². The zero-order valence-corrected chi connectivity index (χ0v) is 8.87. The molecule has 1 aromatic rings. The summed E-state index contributed by atoms with van der Waals surface area (Å²) in [5.74, 6) is -4.16. The van der Waals surface area contributed by atoms with E-state index in [1.165, 1.54) is 0 Å². The van der Waals surface area contributed by atoms with E-state index in [9.17, 15) is 22.4 Å². The number of rotatable bonds is 1. The Labute approximate surface area is 99.0 Å². The molecule has 0 unspecified atom stereocenters. The lowest BCUT2D eigenvalue weighted by atomic mass is 9.90. The number of ether oxygens (including phenoxy) is 1. The number of carboxylic acid groups (broad SMARTS) is 1. The fraction of sp³-hybridized carbons (Fsp3) is 0.364. The largest absolute Gasteiger partial charge is 0.481 e. The maximum absolute atomic E-state index is 12.9. The van der Waals surface area contributed by atoms with Gasteiger partial charge in [-0.25, -0.2) is 4.39 Å². The van der Waals surface area contributed by atoms with Gasteiger partial charge in [-0.05, 0) is 30.2 Å². The van der Waals surface area contributed by atoms with Crippen molar-refractivity contribution in [2.45, 2.75) is 18.7 Å². The molecule has 0 bridgehead atoms. The molecule has 1 N–H and O–H groups in total. The van der Waals surface area contributed by atoms with Crippen molar-refractivity contribution in [3.8, 4) is 5.75 Å². The lowest BCUT2D eigenvalue weighted by Gasteiger charge is -2.32. The highest BCUT2D eigenvalue weighted by Gasteiger charge is 2.52. The molecule has 2 rings (SSSR count). The lowest BCUT2D eigenvalue weighted by molar-refractivity contribution is -0.217. The molecule has 7 heteroatoms. The fourth-order valence-corrected chi connectivity index (χ4v) is 1.90. The monoisotopic (exact) mass is 264 g/mol. The molecule has 0 amide bonds. The van der Waals surface area contributed by atoms with E-state index in [1.807, 2.05) is 0 Å². The van der Waals surface area contributed by atoms with Gasteiger partial charge in [0, 0.05) is 0 Å². The standard InChI is InChI=1S/C11H8F4O3/c12-6-1-2-8-5(3-6)4-7(10(16)17)9(18-8)11(13,14)15/h1-3,7,9H,4H2,(H,16,17)/t7-,9-/m1/s1. The van der Waals surface area contributed by atoms with Crippen LogP contribution in [0.2, 0.25) is 0 Å². The molecular weight excluding hydrogens is 256 g/mol. The Morgan fingerprint density at radius 3 is 2.61 bits per heavy atom. The van der Waals surface area contributed by atoms with Crippen LogP contribution in [-0.2, 0) is 11.2 Å². The summed E-state index contributed by atoms with van der Waals surface area (Å²) < 4.78 is 55.6. The van der Waals surface area contributed by atoms with Gasteiger partial charge in [0.2, 0.25) is 6.10 Å². The molecule has 0 saturated heterocycles. The van der Waals surface area contributed by atoms with Gasteiger partial charge in [-0.2, -0.15) is 13.2 Å². The number of aliphatic carboxylic acids is 1. The Morgan fingerprint density at radius 2 is 2.06 bits per heavy atom. The van der Waals surface area contributed by atoms with Crippen LogP contribution in [0.3, 0.4) is 0 Å². The van der Waals surface area contributed by atoms with E-state index < -0.39 is 36.4 Å². The first-order chi connectivity index (χ1) is 8.29. The summed E-state index contributed by atoms with van der Waals surface area (Å²) in [5.41, 5.74) is 0.128. The van der Waals surface area contributed by atoms with Crippen LogP contribution in [0.4, 0.5) is 17.6 Å². The van der Waals surface area contributed by atoms with Crippen molar-refractivity contribution in [2.24, 2.45) is 5.92 Å². The van der Waals surface area contributed by atoms with E-state index in [1.54, 1.807) is 0 Å². The predicted molar refractivity (Wildman–Crippen MR) is 51.7 cm³/mol. The van der Waals surface area contributed by atoms with E-state index in [2.05, 4.69) is 4.74 Å². The maximum atomic E-state index is 12.9. The second-order valence-electron chi connectivity index (χ2n) is 3.98. The van der Waals surface area contributed by atoms with Gasteiger partial charge in [0.05, 0.1) is 0 Å². The van der Waals surface area contributed by atoms with Crippen molar-refractivity contribution >= 4 is 5.97 Å². The van der Waals surface area contributed by atoms with Crippen LogP contribution in [0, 0.1) is 11.7 Å². The molecule has 0 fully saturated rings. The summed E-state index contributed by atoms with van der Waals surface area (Å²) in [4.78, 5) is 10.8. The van der Waals surface area contributed by atoms with Crippen molar-refractivity contribution in [2.75, 3.05) is 0 Å². The maximum Gasteiger partial charge on any atom is 0.426 e. The molecule has 2 atom stereocenters. The molecule has 0 aromatic heterocycles. The number of hydrogen-bond acceptors (Lipinski definition) is 2. The number of carbonyl (C=O) groups is 1. The van der Waals surface area contributed by atoms with Gasteiger partial charge in [0.25, 0.3) is 0 Å². The van der Waals surface area contributed by atoms with Crippen molar-refractivity contribution in [1.29, 1.82) is 0 Å². The molecule has 18 heavy (non-hydrogen) atoms. The van der Waals surface area contributed by atoms with Crippen LogP contribution in [0.1, 0.15) is 5.56 Å². The minimum absolute atomic E-state index is 0.128. The van der Waals surface area contributed by atoms with Gasteiger partial charge >= 0.3 is 12.1 Å². The first-order valence-corrected chi connectivity index (χ1v) is 5.03. The van der Waals surface area contributed by atoms with E-state index in [0.717, 1.165) is 18.2 Å². The zero-order chi connectivity index (χ0) is 13.5. The average molecular weight is 264 g/mol. The molecule has 0 aliphatic carbocycles. The second kappa shape index (κ2) is 4.15. The van der Waals surface area contributed by atoms with Crippen LogP contribution in [-0.4, -0.2) is 23.4 Å². The molecule has 0 saturated carbocycles. The van der Waals surface area contributed by atoms with Crippen LogP contribution in [0.15, 0.2) is 18.2 Å². The first-order valence-electron chi connectivity index (χ1n) is 5.03. The highest BCUT2D eigenvalue weighted by Crippen LogP contribution is 2.38. The normalized spacial score (nSPS) is 23.1. The topological polar surface area (TPSA) is 46.5 Å². The van der Waals surface area contributed by atoms with Gasteiger partial charge < -0.3 is 9.84 Å². The number of fused-ring (bicyclic) bond motifs is 1. The Kier molecular flexibility index (Phi) is 2.92. The summed E-state index contributed by atoms with van der Waals surface area (Å²) in [6.07, 6.45) is -7.60. The van der Waals surface area contributed by atoms with Gasteiger partial charge in [-0.3, -0.25) is 4.79 Å². The molecule has 1 heterocycles. The zero-order valence-electron chi connectivity index (χ0n) is 8.87. The van der Waals surface area contributed by atoms with Gasteiger partial charge in [-0.15, -0.1) is 0 Å². The summed E-state index contributed by atoms with van der Waals surface area (Å²) in [6, 6.07) is 3.02. The summed E-state index contributed by atoms with van der Waals surface area (Å²) in [5, 5.41) is 8.79. The Balaban J connectivity index is 2.40. The van der Waals surface area contributed by atoms with Gasteiger partial charge in [0.15, 0.2) is 0 Å². The number of hydrogen-bond donors (Lipinski definition) is 1. The van der Waals surface area contributed by atoms with E-state index in [0.29, 0.717) is 0 Å². The molecule has 1 aliphatic heterocycles. The van der Waals surface area contributed by atoms with Crippen LogP contribution >= 0.6 is 0 Å². The average Bonchev–Trinajstić information content (AvgIpc) is 2.25. The second-order valence-corrected chi connectivity index (χ2v) is 3.98. The van der Waals surface area contributed by atoms with E-state index in [-0.39, 0.29) is 11.3 Å². The Hall–Kier alpha value is -1.79. The van der Waals surface area contributed by atoms with Gasteiger partial charge in [0.1, 0.15) is 17.5 Å². The van der Waals surface area contributed by atoms with Crippen molar-refractivity contribution in [3.05, 3.63) is 29.6 Å².